The molecule has 0 heteroatoms. The summed E-state index contributed by atoms with van der Waals surface area (Å²) in [5.41, 5.74) is 0. The maximum Gasteiger partial charge on any atom is 0.180 e. The summed E-state index contributed by atoms with van der Waals surface area (Å²) in [6.45, 7) is 0. The molecule has 0 nitrogen and oxygen atoms in total. The minimum atomic E-state index is 1.17. The molecule has 0 heterocycles. The van der Waals surface area contributed by atoms with Gasteiger partial charge in [0.15, 0.2) is 5.92 Å². The fraction of sp³-hybridized carbons (Fsp3) is 0.750. The molecule has 0 N–H and O–H groups in total. The second-order valence-electron chi connectivity index (χ2n) is 1.76. The van der Waals surface area contributed by atoms with E-state index in [0.29, 0.717) is 0 Å². The van der Waals surface area contributed by atoms with Crippen molar-refractivity contribution in [2.24, 2.45) is 5.92 Å². The summed E-state index contributed by atoms with van der Waals surface area (Å²) in [7, 11) is 0. The molecular weight excluding hydrogens is 48.0 g/mol. The van der Waals surface area contributed by atoms with E-state index in [1.54, 1.807) is 0 Å². The van der Waals surface area contributed by atoms with E-state index in [0.717, 1.165) is 0 Å². The van der Waals surface area contributed by atoms with Crippen molar-refractivity contribution in [3.05, 3.63) is 5.92 Å². The van der Waals surface area contributed by atoms with E-state index in [9.17, 15) is 0 Å². The fourth-order valence-corrected chi connectivity index (χ4v) is 0.455. The molecule has 0 unspecified atom stereocenters. The second-order valence-corrected chi connectivity index (χ2v) is 1.76. The van der Waals surface area contributed by atoms with Crippen LogP contribution in [0.5, 0.6) is 0 Å². The minimum Gasteiger partial charge on any atom is 0.112 e. The Morgan fingerprint density at radius 3 is 1.75 bits per heavy atom. The smallest absolute Gasteiger partial charge is 0.112 e. The topological polar surface area (TPSA) is 0 Å². The molecule has 0 bridgehead atoms. The van der Waals surface area contributed by atoms with Crippen molar-refractivity contribution in [1.82, 2.24) is 0 Å². The molecule has 0 aliphatic heterocycles. The minimum absolute atomic E-state index is 1.17. The van der Waals surface area contributed by atoms with Gasteiger partial charge in [-0.3, -0.25) is 0 Å². The highest BCUT2D eigenvalue weighted by Gasteiger charge is 2.71. The molecule has 0 radical (unpaired) electrons. The van der Waals surface area contributed by atoms with Crippen molar-refractivity contribution < 1.29 is 0 Å². The molecule has 2 aliphatic carbocycles. The predicted molar refractivity (Wildman–Crippen MR) is 16.0 cm³/mol. The standard InChI is InChI=1S/C4H5/c1-3-2-4(1)3/h3H,1-2H2/q+1. The lowest BCUT2D eigenvalue weighted by atomic mass is 10.5. The highest BCUT2D eigenvalue weighted by molar-refractivity contribution is 5.31. The lowest BCUT2D eigenvalue weighted by Crippen LogP contribution is -1.46. The number of rotatable bonds is 0. The molecule has 2 fully saturated rings. The first-order chi connectivity index (χ1) is 1.97. The normalized spacial score (nSPS) is 34.5. The summed E-state index contributed by atoms with van der Waals surface area (Å²) >= 11 is 0. The maximum atomic E-state index is 1.83. The Kier molecular flexibility index (Phi) is 0.0544. The molecular formula is C4H5+. The first kappa shape index (κ1) is 1.34. The summed E-state index contributed by atoms with van der Waals surface area (Å²) < 4.78 is 0. The van der Waals surface area contributed by atoms with Gasteiger partial charge in [-0.1, -0.05) is 0 Å². The molecule has 0 aromatic carbocycles. The van der Waals surface area contributed by atoms with Gasteiger partial charge >= 0.3 is 0 Å². The Balaban J connectivity index is 2.48. The SMILES string of the molecule is C1[C+]2CC12. The summed E-state index contributed by atoms with van der Waals surface area (Å²) in [5, 5.41) is 0. The van der Waals surface area contributed by atoms with Gasteiger partial charge in [0.2, 0.25) is 0 Å². The largest absolute Gasteiger partial charge is 0.180 e. The Labute approximate surface area is 25.8 Å². The maximum absolute atomic E-state index is 1.83. The van der Waals surface area contributed by atoms with Gasteiger partial charge in [0.1, 0.15) is 18.8 Å². The van der Waals surface area contributed by atoms with Crippen LogP contribution in [0.4, 0.5) is 0 Å². The van der Waals surface area contributed by atoms with Crippen LogP contribution in [-0.4, -0.2) is 0 Å². The predicted octanol–water partition coefficient (Wildman–Crippen LogP) is 0.984. The van der Waals surface area contributed by atoms with Gasteiger partial charge in [0.25, 0.3) is 0 Å². The van der Waals surface area contributed by atoms with Crippen molar-refractivity contribution in [3.8, 4) is 0 Å². The molecule has 20 valence electrons. The van der Waals surface area contributed by atoms with Crippen LogP contribution in [0.2, 0.25) is 0 Å². The van der Waals surface area contributed by atoms with Crippen LogP contribution in [0, 0.1) is 11.8 Å². The zero-order valence-corrected chi connectivity index (χ0v) is 2.49. The monoisotopic (exact) mass is 53.0 g/mol. The Morgan fingerprint density at radius 2 is 1.75 bits per heavy atom. The van der Waals surface area contributed by atoms with Crippen molar-refractivity contribution in [3.63, 3.8) is 0 Å². The summed E-state index contributed by atoms with van der Waals surface area (Å²) in [6.07, 6.45) is 3.00. The average molecular weight is 53.1 g/mol. The van der Waals surface area contributed by atoms with E-state index < -0.39 is 0 Å². The van der Waals surface area contributed by atoms with Gasteiger partial charge in [0, 0.05) is 0 Å². The van der Waals surface area contributed by atoms with Gasteiger partial charge in [-0.2, -0.15) is 0 Å². The first-order valence-corrected chi connectivity index (χ1v) is 1.81. The van der Waals surface area contributed by atoms with Crippen molar-refractivity contribution in [1.29, 1.82) is 0 Å². The van der Waals surface area contributed by atoms with E-state index >= 15 is 0 Å². The summed E-state index contributed by atoms with van der Waals surface area (Å²) in [5.74, 6) is 3.00. The van der Waals surface area contributed by atoms with E-state index in [1.165, 1.54) is 18.8 Å². The molecule has 4 heavy (non-hydrogen) atoms. The molecule has 0 aromatic heterocycles. The molecule has 0 spiro atoms. The zero-order chi connectivity index (χ0) is 2.57. The van der Waals surface area contributed by atoms with Crippen LogP contribution >= 0.6 is 0 Å². The number of hydrogen-bond donors (Lipinski definition) is 0. The third-order valence-electron chi connectivity index (χ3n) is 1.27. The van der Waals surface area contributed by atoms with Crippen LogP contribution in [0.1, 0.15) is 12.8 Å². The van der Waals surface area contributed by atoms with Crippen LogP contribution in [0.15, 0.2) is 0 Å². The number of fused-ring (bicyclic) bond motifs is 1. The zero-order valence-electron chi connectivity index (χ0n) is 2.49. The van der Waals surface area contributed by atoms with Gasteiger partial charge in [-0.05, 0) is 0 Å². The molecule has 0 saturated heterocycles. The van der Waals surface area contributed by atoms with E-state index in [4.69, 9.17) is 0 Å². The van der Waals surface area contributed by atoms with E-state index in [2.05, 4.69) is 0 Å². The molecule has 2 aliphatic rings. The highest BCUT2D eigenvalue weighted by Crippen LogP contribution is 2.64. The summed E-state index contributed by atoms with van der Waals surface area (Å²) in [6, 6.07) is 0. The molecule has 0 atom stereocenters. The molecule has 2 saturated carbocycles. The van der Waals surface area contributed by atoms with Crippen molar-refractivity contribution in [2.45, 2.75) is 12.8 Å². The molecule has 0 amide bonds. The van der Waals surface area contributed by atoms with Crippen LogP contribution < -0.4 is 0 Å². The van der Waals surface area contributed by atoms with Gasteiger partial charge in [0.05, 0.1) is 0 Å². The summed E-state index contributed by atoms with van der Waals surface area (Å²) in [4.78, 5) is 0. The Morgan fingerprint density at radius 1 is 1.50 bits per heavy atom. The Bertz CT molecular complexity index is 36.0. The van der Waals surface area contributed by atoms with E-state index in [1.807, 2.05) is 5.92 Å². The van der Waals surface area contributed by atoms with Gasteiger partial charge < -0.3 is 0 Å². The van der Waals surface area contributed by atoms with Gasteiger partial charge in [-0.25, -0.2) is 0 Å². The molecule has 0 aromatic rings. The van der Waals surface area contributed by atoms with Crippen molar-refractivity contribution >= 4 is 0 Å². The first-order valence-electron chi connectivity index (χ1n) is 1.81. The lowest BCUT2D eigenvalue weighted by molar-refractivity contribution is 0.994. The quantitative estimate of drug-likeness (QED) is 0.361. The van der Waals surface area contributed by atoms with E-state index in [-0.39, 0.29) is 0 Å². The fourth-order valence-electron chi connectivity index (χ4n) is 0.455. The Hall–Kier alpha value is -0.130. The third kappa shape index (κ3) is 0.0229. The second kappa shape index (κ2) is 0.162. The van der Waals surface area contributed by atoms with Crippen LogP contribution in [0.3, 0.4) is 0 Å². The average Bonchev–Trinajstić information content (AvgIpc) is 1.36. The van der Waals surface area contributed by atoms with Gasteiger partial charge in [-0.15, -0.1) is 0 Å². The number of hydrogen-bond acceptors (Lipinski definition) is 0. The highest BCUT2D eigenvalue weighted by atomic mass is 14.6. The molecule has 2 rings (SSSR count). The third-order valence-corrected chi connectivity index (χ3v) is 1.27. The van der Waals surface area contributed by atoms with Crippen molar-refractivity contribution in [2.75, 3.05) is 0 Å². The lowest BCUT2D eigenvalue weighted by Gasteiger charge is -1.42. The van der Waals surface area contributed by atoms with Crippen LogP contribution in [-0.2, 0) is 0 Å². The van der Waals surface area contributed by atoms with Crippen LogP contribution in [0.25, 0.3) is 0 Å².